The van der Waals surface area contributed by atoms with E-state index in [4.69, 9.17) is 5.11 Å². The molecule has 9 heteroatoms. The van der Waals surface area contributed by atoms with Crippen molar-refractivity contribution in [2.45, 2.75) is 12.6 Å². The van der Waals surface area contributed by atoms with E-state index in [9.17, 15) is 26.7 Å². The molecule has 0 unspecified atom stereocenters. The number of hydrogen-bond acceptors (Lipinski definition) is 2. The molecule has 0 aliphatic heterocycles. The highest BCUT2D eigenvalue weighted by atomic mass is 79.9. The van der Waals surface area contributed by atoms with Crippen molar-refractivity contribution in [2.24, 2.45) is 0 Å². The molecule has 0 aromatic carbocycles. The molecule has 0 atom stereocenters. The second-order valence-corrected chi connectivity index (χ2v) is 3.71. The van der Waals surface area contributed by atoms with Gasteiger partial charge in [-0.25, -0.2) is 18.6 Å². The maximum atomic E-state index is 12.4. The van der Waals surface area contributed by atoms with Crippen LogP contribution in [0.15, 0.2) is 10.5 Å². The molecule has 0 saturated carbocycles. The molecule has 0 aliphatic carbocycles. The molecule has 1 aromatic rings. The fourth-order valence-electron chi connectivity index (χ4n) is 1.05. The van der Waals surface area contributed by atoms with Crippen molar-refractivity contribution in [3.05, 3.63) is 27.5 Å². The van der Waals surface area contributed by atoms with Gasteiger partial charge in [0.05, 0.1) is 10.0 Å². The van der Waals surface area contributed by atoms with Gasteiger partial charge < -0.3 is 5.11 Å². The van der Waals surface area contributed by atoms with E-state index >= 15 is 0 Å². The molecule has 0 fully saturated rings. The van der Waals surface area contributed by atoms with Crippen molar-refractivity contribution in [1.82, 2.24) is 4.98 Å². The SMILES string of the molecule is O=C(O)c1nc(C(F)F)c(C(F)(F)F)cc1Br. The van der Waals surface area contributed by atoms with Crippen LogP contribution < -0.4 is 0 Å². The van der Waals surface area contributed by atoms with Crippen LogP contribution >= 0.6 is 15.9 Å². The van der Waals surface area contributed by atoms with Crippen molar-refractivity contribution in [1.29, 1.82) is 0 Å². The first kappa shape index (κ1) is 13.8. The fraction of sp³-hybridized carbons (Fsp3) is 0.250. The standard InChI is InChI=1S/C8H3BrF5NO2/c9-3-1-2(8(12,13)14)4(6(10)11)15-5(3)7(16)17/h1,6H,(H,16,17). The maximum absolute atomic E-state index is 12.4. The molecule has 0 amide bonds. The minimum absolute atomic E-state index is 0.276. The van der Waals surface area contributed by atoms with Crippen molar-refractivity contribution in [3.63, 3.8) is 0 Å². The molecular formula is C8H3BrF5NO2. The lowest BCUT2D eigenvalue weighted by Crippen LogP contribution is -2.15. The summed E-state index contributed by atoms with van der Waals surface area (Å²) in [4.78, 5) is 13.4. The monoisotopic (exact) mass is 319 g/mol. The fourth-order valence-corrected chi connectivity index (χ4v) is 1.53. The first-order chi connectivity index (χ1) is 7.64. The van der Waals surface area contributed by atoms with Gasteiger partial charge in [0.1, 0.15) is 5.69 Å². The predicted octanol–water partition coefficient (Wildman–Crippen LogP) is 3.50. The van der Waals surface area contributed by atoms with Gasteiger partial charge in [0, 0.05) is 0 Å². The highest BCUT2D eigenvalue weighted by molar-refractivity contribution is 9.10. The molecule has 1 aromatic heterocycles. The van der Waals surface area contributed by atoms with Gasteiger partial charge >= 0.3 is 12.1 Å². The van der Waals surface area contributed by atoms with Gasteiger partial charge in [-0.1, -0.05) is 0 Å². The number of carboxylic acids is 1. The van der Waals surface area contributed by atoms with Crippen molar-refractivity contribution < 1.29 is 31.9 Å². The van der Waals surface area contributed by atoms with Crippen molar-refractivity contribution in [3.8, 4) is 0 Å². The number of carboxylic acid groups (broad SMARTS) is 1. The quantitative estimate of drug-likeness (QED) is 0.849. The molecule has 0 aliphatic rings. The lowest BCUT2D eigenvalue weighted by molar-refractivity contribution is -0.140. The normalized spacial score (nSPS) is 11.9. The largest absolute Gasteiger partial charge is 0.476 e. The summed E-state index contributed by atoms with van der Waals surface area (Å²) in [6.45, 7) is 0. The molecule has 1 rings (SSSR count). The summed E-state index contributed by atoms with van der Waals surface area (Å²) < 4.78 is 61.4. The first-order valence-electron chi connectivity index (χ1n) is 3.93. The van der Waals surface area contributed by atoms with Gasteiger partial charge in [0.15, 0.2) is 5.69 Å². The number of pyridine rings is 1. The molecule has 94 valence electrons. The smallest absolute Gasteiger partial charge is 0.418 e. The number of carbonyl (C=O) groups is 1. The van der Waals surface area contributed by atoms with Crippen molar-refractivity contribution in [2.75, 3.05) is 0 Å². The van der Waals surface area contributed by atoms with Crippen LogP contribution in [0.5, 0.6) is 0 Å². The highest BCUT2D eigenvalue weighted by Crippen LogP contribution is 2.37. The van der Waals surface area contributed by atoms with E-state index in [1.54, 1.807) is 0 Å². The molecule has 1 N–H and O–H groups in total. The average Bonchev–Trinajstić information content (AvgIpc) is 2.14. The van der Waals surface area contributed by atoms with Crippen LogP contribution in [0.3, 0.4) is 0 Å². The van der Waals surface area contributed by atoms with Gasteiger partial charge in [0.2, 0.25) is 0 Å². The average molecular weight is 320 g/mol. The van der Waals surface area contributed by atoms with E-state index in [0.29, 0.717) is 0 Å². The van der Waals surface area contributed by atoms with Crippen LogP contribution in [0.1, 0.15) is 28.2 Å². The highest BCUT2D eigenvalue weighted by Gasteiger charge is 2.38. The Hall–Kier alpha value is -1.25. The van der Waals surface area contributed by atoms with Gasteiger partial charge in [-0.05, 0) is 22.0 Å². The molecule has 0 spiro atoms. The number of hydrogen-bond donors (Lipinski definition) is 1. The Morgan fingerprint density at radius 2 is 1.94 bits per heavy atom. The Bertz CT molecular complexity index is 460. The van der Waals surface area contributed by atoms with Crippen LogP contribution in [0.4, 0.5) is 22.0 Å². The minimum Gasteiger partial charge on any atom is -0.476 e. The van der Waals surface area contributed by atoms with E-state index < -0.39 is 40.0 Å². The summed E-state index contributed by atoms with van der Waals surface area (Å²) in [6, 6.07) is 0.276. The number of alkyl halides is 5. The van der Waals surface area contributed by atoms with Crippen LogP contribution in [0, 0.1) is 0 Å². The summed E-state index contributed by atoms with van der Waals surface area (Å²) in [5.41, 5.74) is -4.16. The first-order valence-corrected chi connectivity index (χ1v) is 4.73. The third-order valence-corrected chi connectivity index (χ3v) is 2.32. The van der Waals surface area contributed by atoms with Crippen molar-refractivity contribution >= 4 is 21.9 Å². The third kappa shape index (κ3) is 2.90. The molecule has 17 heavy (non-hydrogen) atoms. The van der Waals surface area contributed by atoms with E-state index in [2.05, 4.69) is 20.9 Å². The minimum atomic E-state index is -5.03. The van der Waals surface area contributed by atoms with Crippen LogP contribution in [-0.4, -0.2) is 16.1 Å². The summed E-state index contributed by atoms with van der Waals surface area (Å²) in [5.74, 6) is -1.70. The number of aromatic carboxylic acids is 1. The van der Waals surface area contributed by atoms with Gasteiger partial charge in [0.25, 0.3) is 6.43 Å². The van der Waals surface area contributed by atoms with Crippen LogP contribution in [-0.2, 0) is 6.18 Å². The second kappa shape index (κ2) is 4.55. The molecule has 0 saturated heterocycles. The van der Waals surface area contributed by atoms with E-state index in [0.717, 1.165) is 0 Å². The number of aromatic nitrogens is 1. The lowest BCUT2D eigenvalue weighted by Gasteiger charge is -2.13. The van der Waals surface area contributed by atoms with Gasteiger partial charge in [-0.3, -0.25) is 0 Å². The van der Waals surface area contributed by atoms with Gasteiger partial charge in [-0.15, -0.1) is 0 Å². The number of halogens is 6. The lowest BCUT2D eigenvalue weighted by atomic mass is 10.1. The van der Waals surface area contributed by atoms with E-state index in [1.165, 1.54) is 0 Å². The predicted molar refractivity (Wildman–Crippen MR) is 48.9 cm³/mol. The molecule has 0 bridgehead atoms. The summed E-state index contributed by atoms with van der Waals surface area (Å²) >= 11 is 2.54. The van der Waals surface area contributed by atoms with E-state index in [-0.39, 0.29) is 6.07 Å². The van der Waals surface area contributed by atoms with Crippen LogP contribution in [0.25, 0.3) is 0 Å². The van der Waals surface area contributed by atoms with E-state index in [1.807, 2.05) is 0 Å². The van der Waals surface area contributed by atoms with Crippen LogP contribution in [0.2, 0.25) is 0 Å². The Labute approximate surface area is 99.4 Å². The number of nitrogens with zero attached hydrogens (tertiary/aromatic N) is 1. The molecule has 0 radical (unpaired) electrons. The third-order valence-electron chi connectivity index (χ3n) is 1.72. The summed E-state index contributed by atoms with van der Waals surface area (Å²) in [6.07, 6.45) is -8.55. The zero-order valence-electron chi connectivity index (χ0n) is 7.73. The molecule has 3 nitrogen and oxygen atoms in total. The Kier molecular flexibility index (Phi) is 3.70. The molecular weight excluding hydrogens is 317 g/mol. The zero-order valence-corrected chi connectivity index (χ0v) is 9.31. The number of rotatable bonds is 2. The second-order valence-electron chi connectivity index (χ2n) is 2.86. The Morgan fingerprint density at radius 3 is 2.29 bits per heavy atom. The maximum Gasteiger partial charge on any atom is 0.418 e. The Balaban J connectivity index is 3.53. The Morgan fingerprint density at radius 1 is 1.41 bits per heavy atom. The zero-order chi connectivity index (χ0) is 13.4. The summed E-state index contributed by atoms with van der Waals surface area (Å²) in [5, 5.41) is 8.55. The molecule has 1 heterocycles. The summed E-state index contributed by atoms with van der Waals surface area (Å²) in [7, 11) is 0. The van der Waals surface area contributed by atoms with Gasteiger partial charge in [-0.2, -0.15) is 13.2 Å². The topological polar surface area (TPSA) is 50.2 Å².